The van der Waals surface area contributed by atoms with Gasteiger partial charge in [-0.05, 0) is 18.1 Å². The second-order valence-corrected chi connectivity index (χ2v) is 7.41. The number of hydrogen-bond donors (Lipinski definition) is 0. The first-order valence-corrected chi connectivity index (χ1v) is 8.38. The van der Waals surface area contributed by atoms with Crippen molar-refractivity contribution >= 4 is 17.2 Å². The van der Waals surface area contributed by atoms with Crippen LogP contribution in [0.2, 0.25) is 0 Å². The van der Waals surface area contributed by atoms with Crippen LogP contribution < -0.4 is 0 Å². The van der Waals surface area contributed by atoms with E-state index in [1.165, 1.54) is 9.75 Å². The molecular weight excluding hydrogens is 268 g/mol. The van der Waals surface area contributed by atoms with E-state index in [2.05, 4.69) is 30.9 Å². The highest BCUT2D eigenvalue weighted by Crippen LogP contribution is 2.25. The van der Waals surface area contributed by atoms with Gasteiger partial charge in [-0.2, -0.15) is 0 Å². The molecule has 0 saturated carbocycles. The molecular formula is C16H26N2OS. The molecule has 4 heteroatoms. The van der Waals surface area contributed by atoms with Gasteiger partial charge in [-0.15, -0.1) is 11.3 Å². The summed E-state index contributed by atoms with van der Waals surface area (Å²) in [5.74, 6) is 1.03. The van der Waals surface area contributed by atoms with Crippen LogP contribution in [0, 0.1) is 5.92 Å². The van der Waals surface area contributed by atoms with Crippen molar-refractivity contribution in [2.24, 2.45) is 5.92 Å². The van der Waals surface area contributed by atoms with Crippen LogP contribution in [0.4, 0.5) is 0 Å². The number of carbonyl (C=O) groups is 1. The minimum Gasteiger partial charge on any atom is -0.340 e. The van der Waals surface area contributed by atoms with Crippen molar-refractivity contribution in [3.63, 3.8) is 0 Å². The van der Waals surface area contributed by atoms with E-state index in [1.807, 2.05) is 30.1 Å². The Morgan fingerprint density at radius 1 is 1.15 bits per heavy atom. The van der Waals surface area contributed by atoms with Gasteiger partial charge in [0.15, 0.2) is 0 Å². The zero-order chi connectivity index (χ0) is 14.7. The highest BCUT2D eigenvalue weighted by atomic mass is 32.1. The van der Waals surface area contributed by atoms with Gasteiger partial charge in [0.2, 0.25) is 5.91 Å². The lowest BCUT2D eigenvalue weighted by atomic mass is 10.1. The maximum absolute atomic E-state index is 12.0. The number of piperazine rings is 1. The Labute approximate surface area is 126 Å². The Morgan fingerprint density at radius 3 is 2.30 bits per heavy atom. The molecule has 1 aliphatic heterocycles. The van der Waals surface area contributed by atoms with E-state index in [0.29, 0.717) is 11.8 Å². The van der Waals surface area contributed by atoms with Crippen LogP contribution >= 0.6 is 11.3 Å². The topological polar surface area (TPSA) is 23.6 Å². The van der Waals surface area contributed by atoms with E-state index in [9.17, 15) is 4.79 Å². The van der Waals surface area contributed by atoms with Crippen molar-refractivity contribution in [3.8, 4) is 0 Å². The van der Waals surface area contributed by atoms with E-state index in [-0.39, 0.29) is 5.92 Å². The summed E-state index contributed by atoms with van der Waals surface area (Å²) in [5.41, 5.74) is 0. The van der Waals surface area contributed by atoms with Crippen LogP contribution in [0.15, 0.2) is 12.1 Å². The van der Waals surface area contributed by atoms with Gasteiger partial charge >= 0.3 is 0 Å². The monoisotopic (exact) mass is 294 g/mol. The molecule has 112 valence electrons. The van der Waals surface area contributed by atoms with Crippen molar-refractivity contribution in [2.45, 2.75) is 40.2 Å². The summed E-state index contributed by atoms with van der Waals surface area (Å²) in [6.07, 6.45) is 0. The van der Waals surface area contributed by atoms with Crippen LogP contribution in [0.1, 0.15) is 43.4 Å². The molecule has 1 aliphatic rings. The second-order valence-electron chi connectivity index (χ2n) is 6.21. The van der Waals surface area contributed by atoms with Crippen LogP contribution in [0.5, 0.6) is 0 Å². The predicted octanol–water partition coefficient (Wildman–Crippen LogP) is 3.17. The van der Waals surface area contributed by atoms with Gasteiger partial charge in [0.05, 0.1) is 0 Å². The number of hydrogen-bond acceptors (Lipinski definition) is 3. The van der Waals surface area contributed by atoms with Crippen molar-refractivity contribution < 1.29 is 4.79 Å². The number of carbonyl (C=O) groups excluding carboxylic acids is 1. The zero-order valence-corrected chi connectivity index (χ0v) is 13.9. The first-order valence-electron chi connectivity index (χ1n) is 7.57. The van der Waals surface area contributed by atoms with Crippen LogP contribution in [-0.2, 0) is 11.3 Å². The molecule has 1 aromatic heterocycles. The van der Waals surface area contributed by atoms with Gasteiger partial charge in [-0.1, -0.05) is 27.7 Å². The van der Waals surface area contributed by atoms with Crippen molar-refractivity contribution in [2.75, 3.05) is 26.2 Å². The molecule has 0 atom stereocenters. The van der Waals surface area contributed by atoms with Gasteiger partial charge in [0.1, 0.15) is 0 Å². The quantitative estimate of drug-likeness (QED) is 0.851. The Morgan fingerprint density at radius 2 is 1.80 bits per heavy atom. The standard InChI is InChI=1S/C16H26N2OS/c1-12(2)15-6-5-14(20-15)11-17-7-9-18(10-8-17)16(19)13(3)4/h5-6,12-13H,7-11H2,1-4H3. The molecule has 1 fully saturated rings. The Kier molecular flexibility index (Phi) is 5.22. The van der Waals surface area contributed by atoms with Crippen LogP contribution in [0.3, 0.4) is 0 Å². The molecule has 0 bridgehead atoms. The third kappa shape index (κ3) is 3.83. The highest BCUT2D eigenvalue weighted by Gasteiger charge is 2.22. The van der Waals surface area contributed by atoms with Crippen LogP contribution in [0.25, 0.3) is 0 Å². The fourth-order valence-electron chi connectivity index (χ4n) is 2.50. The van der Waals surface area contributed by atoms with Gasteiger partial charge in [-0.25, -0.2) is 0 Å². The molecule has 1 amide bonds. The van der Waals surface area contributed by atoms with E-state index in [1.54, 1.807) is 0 Å². The molecule has 0 aromatic carbocycles. The molecule has 0 radical (unpaired) electrons. The molecule has 3 nitrogen and oxygen atoms in total. The fraction of sp³-hybridized carbons (Fsp3) is 0.688. The molecule has 2 heterocycles. The Balaban J connectivity index is 1.83. The second kappa shape index (κ2) is 6.72. The van der Waals surface area contributed by atoms with E-state index < -0.39 is 0 Å². The lowest BCUT2D eigenvalue weighted by Gasteiger charge is -2.35. The smallest absolute Gasteiger partial charge is 0.225 e. The first kappa shape index (κ1) is 15.5. The van der Waals surface area contributed by atoms with Gasteiger partial charge in [0, 0.05) is 48.4 Å². The summed E-state index contributed by atoms with van der Waals surface area (Å²) >= 11 is 1.92. The average molecular weight is 294 g/mol. The Hall–Kier alpha value is -0.870. The summed E-state index contributed by atoms with van der Waals surface area (Å²) in [6.45, 7) is 13.2. The lowest BCUT2D eigenvalue weighted by Crippen LogP contribution is -2.49. The third-order valence-corrected chi connectivity index (χ3v) is 5.18. The summed E-state index contributed by atoms with van der Waals surface area (Å²) < 4.78 is 0. The SMILES string of the molecule is CC(C)C(=O)N1CCN(Cc2ccc(C(C)C)s2)CC1. The number of thiophene rings is 1. The van der Waals surface area contributed by atoms with Crippen molar-refractivity contribution in [1.82, 2.24) is 9.80 Å². The maximum Gasteiger partial charge on any atom is 0.225 e. The van der Waals surface area contributed by atoms with E-state index in [4.69, 9.17) is 0 Å². The normalized spacial score (nSPS) is 17.2. The van der Waals surface area contributed by atoms with E-state index >= 15 is 0 Å². The third-order valence-electron chi connectivity index (χ3n) is 3.81. The molecule has 0 N–H and O–H groups in total. The first-order chi connectivity index (χ1) is 9.47. The molecule has 1 saturated heterocycles. The van der Waals surface area contributed by atoms with Crippen molar-refractivity contribution in [1.29, 1.82) is 0 Å². The fourth-order valence-corrected chi connectivity index (χ4v) is 3.56. The predicted molar refractivity (Wildman–Crippen MR) is 85.1 cm³/mol. The summed E-state index contributed by atoms with van der Waals surface area (Å²) in [5, 5.41) is 0. The van der Waals surface area contributed by atoms with Gasteiger partial charge in [0.25, 0.3) is 0 Å². The number of nitrogens with zero attached hydrogens (tertiary/aromatic N) is 2. The molecule has 2 rings (SSSR count). The largest absolute Gasteiger partial charge is 0.340 e. The van der Waals surface area contributed by atoms with Crippen molar-refractivity contribution in [3.05, 3.63) is 21.9 Å². The van der Waals surface area contributed by atoms with E-state index in [0.717, 1.165) is 32.7 Å². The summed E-state index contributed by atoms with van der Waals surface area (Å²) in [4.78, 5) is 19.3. The number of amides is 1. The number of rotatable bonds is 4. The lowest BCUT2D eigenvalue weighted by molar-refractivity contribution is -0.136. The molecule has 0 aliphatic carbocycles. The minimum absolute atomic E-state index is 0.118. The van der Waals surface area contributed by atoms with Crippen LogP contribution in [-0.4, -0.2) is 41.9 Å². The molecule has 1 aromatic rings. The zero-order valence-electron chi connectivity index (χ0n) is 13.1. The minimum atomic E-state index is 0.118. The van der Waals surface area contributed by atoms with Gasteiger partial charge < -0.3 is 4.90 Å². The molecule has 0 unspecified atom stereocenters. The maximum atomic E-state index is 12.0. The average Bonchev–Trinajstić information content (AvgIpc) is 2.87. The Bertz CT molecular complexity index is 445. The summed E-state index contributed by atoms with van der Waals surface area (Å²) in [6, 6.07) is 4.51. The molecule has 0 spiro atoms. The van der Waals surface area contributed by atoms with Gasteiger partial charge in [-0.3, -0.25) is 9.69 Å². The summed E-state index contributed by atoms with van der Waals surface area (Å²) in [7, 11) is 0. The highest BCUT2D eigenvalue weighted by molar-refractivity contribution is 7.12. The molecule has 20 heavy (non-hydrogen) atoms.